The lowest BCUT2D eigenvalue weighted by atomic mass is 10.1. The van der Waals surface area contributed by atoms with E-state index < -0.39 is 0 Å². The molecule has 0 amide bonds. The van der Waals surface area contributed by atoms with Crippen LogP contribution < -0.4 is 0 Å². The molecule has 1 unspecified atom stereocenters. The van der Waals surface area contributed by atoms with Gasteiger partial charge in [-0.2, -0.15) is 0 Å². The average molecular weight is 183 g/mol. The van der Waals surface area contributed by atoms with E-state index in [0.717, 1.165) is 17.0 Å². The molecule has 2 nitrogen and oxygen atoms in total. The van der Waals surface area contributed by atoms with Crippen LogP contribution in [0.2, 0.25) is 0 Å². The van der Waals surface area contributed by atoms with Crippen LogP contribution in [0.3, 0.4) is 0 Å². The van der Waals surface area contributed by atoms with Crippen molar-refractivity contribution in [3.63, 3.8) is 0 Å². The second-order valence-corrected chi connectivity index (χ2v) is 3.38. The molecular formula is C9H13NOS. The van der Waals surface area contributed by atoms with E-state index in [0.29, 0.717) is 0 Å². The van der Waals surface area contributed by atoms with Crippen molar-refractivity contribution in [3.8, 4) is 0 Å². The fraction of sp³-hybridized carbons (Fsp3) is 0.444. The molecule has 1 atom stereocenters. The lowest BCUT2D eigenvalue weighted by molar-refractivity contribution is 0.173. The zero-order valence-electron chi connectivity index (χ0n) is 7.32. The minimum Gasteiger partial charge on any atom is -0.388 e. The van der Waals surface area contributed by atoms with Crippen molar-refractivity contribution in [3.05, 3.63) is 23.9 Å². The van der Waals surface area contributed by atoms with Crippen LogP contribution in [0.25, 0.3) is 0 Å². The molecule has 1 N–H and O–H groups in total. The van der Waals surface area contributed by atoms with E-state index in [9.17, 15) is 5.11 Å². The number of nitrogens with zero attached hydrogens (tertiary/aromatic N) is 1. The lowest BCUT2D eigenvalue weighted by Crippen LogP contribution is -1.95. The second-order valence-electron chi connectivity index (χ2n) is 2.56. The quantitative estimate of drug-likeness (QED) is 0.730. The molecule has 0 saturated heterocycles. The SMILES string of the molecule is CCC(O)c1ccc(SC)nc1. The van der Waals surface area contributed by atoms with Crippen LogP contribution in [0.15, 0.2) is 23.4 Å². The smallest absolute Gasteiger partial charge is 0.0957 e. The highest BCUT2D eigenvalue weighted by Crippen LogP contribution is 2.17. The van der Waals surface area contributed by atoms with Crippen molar-refractivity contribution in [1.29, 1.82) is 0 Å². The van der Waals surface area contributed by atoms with Gasteiger partial charge in [-0.25, -0.2) is 4.98 Å². The zero-order valence-corrected chi connectivity index (χ0v) is 8.14. The fourth-order valence-electron chi connectivity index (χ4n) is 0.945. The number of hydrogen-bond acceptors (Lipinski definition) is 3. The number of hydrogen-bond donors (Lipinski definition) is 1. The molecule has 1 heterocycles. The van der Waals surface area contributed by atoms with Gasteiger partial charge in [0.15, 0.2) is 0 Å². The maximum absolute atomic E-state index is 9.45. The fourth-order valence-corrected chi connectivity index (χ4v) is 1.31. The molecule has 1 rings (SSSR count). The summed E-state index contributed by atoms with van der Waals surface area (Å²) < 4.78 is 0. The van der Waals surface area contributed by atoms with Crippen LogP contribution in [-0.2, 0) is 0 Å². The number of aliphatic hydroxyl groups excluding tert-OH is 1. The summed E-state index contributed by atoms with van der Waals surface area (Å²) >= 11 is 1.60. The summed E-state index contributed by atoms with van der Waals surface area (Å²) in [4.78, 5) is 4.17. The van der Waals surface area contributed by atoms with Crippen molar-refractivity contribution in [2.45, 2.75) is 24.5 Å². The number of aliphatic hydroxyl groups is 1. The molecule has 0 aromatic carbocycles. The van der Waals surface area contributed by atoms with Crippen molar-refractivity contribution in [1.82, 2.24) is 4.98 Å². The maximum Gasteiger partial charge on any atom is 0.0957 e. The van der Waals surface area contributed by atoms with E-state index >= 15 is 0 Å². The molecule has 0 saturated carbocycles. The predicted octanol–water partition coefficient (Wildman–Crippen LogP) is 2.25. The van der Waals surface area contributed by atoms with Crippen molar-refractivity contribution < 1.29 is 5.11 Å². The van der Waals surface area contributed by atoms with E-state index in [1.54, 1.807) is 18.0 Å². The van der Waals surface area contributed by atoms with E-state index in [1.807, 2.05) is 25.3 Å². The molecule has 1 aromatic rings. The summed E-state index contributed by atoms with van der Waals surface area (Å²) in [7, 11) is 0. The molecule has 12 heavy (non-hydrogen) atoms. The van der Waals surface area contributed by atoms with Gasteiger partial charge in [-0.15, -0.1) is 11.8 Å². The van der Waals surface area contributed by atoms with Gasteiger partial charge in [-0.3, -0.25) is 0 Å². The lowest BCUT2D eigenvalue weighted by Gasteiger charge is -2.06. The Morgan fingerprint density at radius 1 is 1.58 bits per heavy atom. The first-order chi connectivity index (χ1) is 5.77. The first-order valence-electron chi connectivity index (χ1n) is 3.96. The van der Waals surface area contributed by atoms with E-state index in [2.05, 4.69) is 4.98 Å². The Balaban J connectivity index is 2.77. The second kappa shape index (κ2) is 4.48. The molecule has 0 radical (unpaired) electrons. The summed E-state index contributed by atoms with van der Waals surface area (Å²) in [5.41, 5.74) is 0.898. The average Bonchev–Trinajstić information content (AvgIpc) is 2.17. The summed E-state index contributed by atoms with van der Waals surface area (Å²) in [6.45, 7) is 1.95. The topological polar surface area (TPSA) is 33.1 Å². The van der Waals surface area contributed by atoms with Gasteiger partial charge in [0.25, 0.3) is 0 Å². The van der Waals surface area contributed by atoms with Crippen LogP contribution in [0, 0.1) is 0 Å². The molecule has 0 aliphatic heterocycles. The number of thioether (sulfide) groups is 1. The third-order valence-electron chi connectivity index (χ3n) is 1.74. The largest absolute Gasteiger partial charge is 0.388 e. The minimum absolute atomic E-state index is 0.367. The summed E-state index contributed by atoms with van der Waals surface area (Å²) in [5, 5.41) is 10.4. The monoisotopic (exact) mass is 183 g/mol. The van der Waals surface area contributed by atoms with Gasteiger partial charge in [0, 0.05) is 6.20 Å². The summed E-state index contributed by atoms with van der Waals surface area (Å²) in [6.07, 6.45) is 4.09. The number of aromatic nitrogens is 1. The molecule has 1 aromatic heterocycles. The highest BCUT2D eigenvalue weighted by atomic mass is 32.2. The van der Waals surface area contributed by atoms with Crippen LogP contribution in [0.5, 0.6) is 0 Å². The zero-order chi connectivity index (χ0) is 8.97. The highest BCUT2D eigenvalue weighted by molar-refractivity contribution is 7.98. The number of pyridine rings is 1. The van der Waals surface area contributed by atoms with Gasteiger partial charge < -0.3 is 5.11 Å². The Morgan fingerprint density at radius 3 is 2.75 bits per heavy atom. The Labute approximate surface area is 77.0 Å². The molecule has 66 valence electrons. The third-order valence-corrected chi connectivity index (χ3v) is 2.40. The number of rotatable bonds is 3. The van der Waals surface area contributed by atoms with Gasteiger partial charge in [0.2, 0.25) is 0 Å². The molecule has 0 aliphatic carbocycles. The third kappa shape index (κ3) is 2.22. The molecule has 0 spiro atoms. The van der Waals surface area contributed by atoms with Crippen LogP contribution in [-0.4, -0.2) is 16.3 Å². The Kier molecular flexibility index (Phi) is 3.56. The van der Waals surface area contributed by atoms with Crippen LogP contribution in [0.4, 0.5) is 0 Å². The summed E-state index contributed by atoms with van der Waals surface area (Å²) in [6, 6.07) is 3.85. The van der Waals surface area contributed by atoms with Gasteiger partial charge in [0.05, 0.1) is 11.1 Å². The Hall–Kier alpha value is -0.540. The molecule has 0 aliphatic rings. The molecular weight excluding hydrogens is 170 g/mol. The molecule has 3 heteroatoms. The van der Waals surface area contributed by atoms with Crippen molar-refractivity contribution in [2.24, 2.45) is 0 Å². The van der Waals surface area contributed by atoms with E-state index in [4.69, 9.17) is 0 Å². The normalized spacial score (nSPS) is 12.9. The highest BCUT2D eigenvalue weighted by Gasteiger charge is 2.03. The van der Waals surface area contributed by atoms with Crippen molar-refractivity contribution in [2.75, 3.05) is 6.26 Å². The Morgan fingerprint density at radius 2 is 2.33 bits per heavy atom. The van der Waals surface area contributed by atoms with Crippen molar-refractivity contribution >= 4 is 11.8 Å². The van der Waals surface area contributed by atoms with Gasteiger partial charge in [-0.05, 0) is 24.3 Å². The molecule has 0 bridgehead atoms. The molecule has 0 fully saturated rings. The predicted molar refractivity (Wildman–Crippen MR) is 51.3 cm³/mol. The Bertz CT molecular complexity index is 235. The standard InChI is InChI=1S/C9H13NOS/c1-3-8(11)7-4-5-9(12-2)10-6-7/h4-6,8,11H,3H2,1-2H3. The van der Waals surface area contributed by atoms with Crippen LogP contribution in [0.1, 0.15) is 25.0 Å². The van der Waals surface area contributed by atoms with E-state index in [1.165, 1.54) is 0 Å². The van der Waals surface area contributed by atoms with Gasteiger partial charge in [0.1, 0.15) is 0 Å². The maximum atomic E-state index is 9.45. The van der Waals surface area contributed by atoms with E-state index in [-0.39, 0.29) is 6.10 Å². The first-order valence-corrected chi connectivity index (χ1v) is 5.18. The summed E-state index contributed by atoms with van der Waals surface area (Å²) in [5.74, 6) is 0. The van der Waals surface area contributed by atoms with Gasteiger partial charge in [-0.1, -0.05) is 13.0 Å². The first kappa shape index (κ1) is 9.55. The van der Waals surface area contributed by atoms with Crippen LogP contribution >= 0.6 is 11.8 Å². The van der Waals surface area contributed by atoms with Gasteiger partial charge >= 0.3 is 0 Å². The minimum atomic E-state index is -0.367.